The van der Waals surface area contributed by atoms with E-state index in [1.807, 2.05) is 6.92 Å². The SMILES string of the molecule is CC(=O)OCC1=COC(OC2OC(COC(C)=O)C(OC(C)=O)C(OC(C)=O)C2OC(C)=O)C2C(C)CCC12. The van der Waals surface area contributed by atoms with Crippen LogP contribution in [-0.4, -0.2) is 80.1 Å². The molecule has 0 spiro atoms. The quantitative estimate of drug-likeness (QED) is 0.298. The normalized spacial score (nSPS) is 33.5. The molecule has 9 unspecified atom stereocenters. The summed E-state index contributed by atoms with van der Waals surface area (Å²) in [6.07, 6.45) is -4.14. The molecule has 2 fully saturated rings. The van der Waals surface area contributed by atoms with Crippen LogP contribution in [0, 0.1) is 17.8 Å². The van der Waals surface area contributed by atoms with Gasteiger partial charge in [-0.3, -0.25) is 24.0 Å². The molecule has 1 aliphatic carbocycles. The fourth-order valence-electron chi connectivity index (χ4n) is 5.33. The van der Waals surface area contributed by atoms with E-state index in [4.69, 9.17) is 37.9 Å². The van der Waals surface area contributed by atoms with Gasteiger partial charge in [-0.1, -0.05) is 6.92 Å². The molecule has 1 saturated carbocycles. The Hall–Kier alpha value is -3.19. The Morgan fingerprint density at radius 1 is 0.769 bits per heavy atom. The van der Waals surface area contributed by atoms with Crippen LogP contribution in [0.2, 0.25) is 0 Å². The Morgan fingerprint density at radius 3 is 1.95 bits per heavy atom. The summed E-state index contributed by atoms with van der Waals surface area (Å²) in [6.45, 7) is 7.75. The Morgan fingerprint density at radius 2 is 1.36 bits per heavy atom. The molecule has 9 atom stereocenters. The Kier molecular flexibility index (Phi) is 10.3. The third-order valence-corrected chi connectivity index (χ3v) is 6.86. The van der Waals surface area contributed by atoms with E-state index in [-0.39, 0.29) is 31.0 Å². The summed E-state index contributed by atoms with van der Waals surface area (Å²) in [4.78, 5) is 58.9. The van der Waals surface area contributed by atoms with Gasteiger partial charge >= 0.3 is 29.8 Å². The number of fused-ring (bicyclic) bond motifs is 1. The molecule has 13 nitrogen and oxygen atoms in total. The van der Waals surface area contributed by atoms with Gasteiger partial charge in [-0.25, -0.2) is 0 Å². The van der Waals surface area contributed by atoms with Gasteiger partial charge in [0.2, 0.25) is 12.6 Å². The highest BCUT2D eigenvalue weighted by Gasteiger charge is 2.55. The highest BCUT2D eigenvalue weighted by molar-refractivity contribution is 5.69. The van der Waals surface area contributed by atoms with Gasteiger partial charge in [0.15, 0.2) is 18.3 Å². The molecular formula is C26H36O13. The molecule has 39 heavy (non-hydrogen) atoms. The van der Waals surface area contributed by atoms with Gasteiger partial charge in [0.05, 0.1) is 6.26 Å². The van der Waals surface area contributed by atoms with Crippen molar-refractivity contribution in [2.24, 2.45) is 17.8 Å². The molecule has 1 saturated heterocycles. The molecule has 0 amide bonds. The van der Waals surface area contributed by atoms with Crippen molar-refractivity contribution < 1.29 is 61.9 Å². The van der Waals surface area contributed by atoms with E-state index in [0.717, 1.165) is 39.2 Å². The Bertz CT molecular complexity index is 975. The Balaban J connectivity index is 1.93. The van der Waals surface area contributed by atoms with E-state index in [1.165, 1.54) is 20.1 Å². The lowest BCUT2D eigenvalue weighted by Gasteiger charge is -2.46. The fraction of sp³-hybridized carbons (Fsp3) is 0.731. The van der Waals surface area contributed by atoms with Crippen molar-refractivity contribution in [3.8, 4) is 0 Å². The number of esters is 5. The standard InChI is InChI=1S/C26H36O13/c1-12-7-8-19-18(9-32-13(2)27)10-34-25(21(12)19)39-26-24(37-17(6)31)23(36-16(5)30)22(35-15(4)29)20(38-26)11-33-14(3)28/h10,12,19-26H,7-9,11H2,1-6H3. The second-order valence-corrected chi connectivity index (χ2v) is 9.92. The first-order valence-corrected chi connectivity index (χ1v) is 12.8. The zero-order valence-corrected chi connectivity index (χ0v) is 22.9. The maximum atomic E-state index is 12.1. The Labute approximate surface area is 226 Å². The van der Waals surface area contributed by atoms with Crippen LogP contribution in [0.3, 0.4) is 0 Å². The maximum Gasteiger partial charge on any atom is 0.303 e. The third kappa shape index (κ3) is 7.91. The highest BCUT2D eigenvalue weighted by Crippen LogP contribution is 2.47. The number of hydrogen-bond acceptors (Lipinski definition) is 13. The highest BCUT2D eigenvalue weighted by atomic mass is 16.8. The molecule has 0 aromatic heterocycles. The minimum absolute atomic E-state index is 0.00349. The van der Waals surface area contributed by atoms with Crippen molar-refractivity contribution in [3.05, 3.63) is 11.8 Å². The zero-order valence-electron chi connectivity index (χ0n) is 22.9. The monoisotopic (exact) mass is 556 g/mol. The lowest BCUT2D eigenvalue weighted by atomic mass is 9.83. The van der Waals surface area contributed by atoms with Crippen LogP contribution in [0.1, 0.15) is 54.4 Å². The van der Waals surface area contributed by atoms with Gasteiger partial charge in [-0.05, 0) is 24.7 Å². The molecular weight excluding hydrogens is 520 g/mol. The smallest absolute Gasteiger partial charge is 0.303 e. The first-order chi connectivity index (χ1) is 18.4. The van der Waals surface area contributed by atoms with Crippen molar-refractivity contribution in [1.82, 2.24) is 0 Å². The van der Waals surface area contributed by atoms with Gasteiger partial charge in [-0.15, -0.1) is 0 Å². The number of carbonyl (C=O) groups excluding carboxylic acids is 5. The van der Waals surface area contributed by atoms with Crippen molar-refractivity contribution >= 4 is 29.8 Å². The molecule has 2 heterocycles. The average molecular weight is 557 g/mol. The molecule has 0 bridgehead atoms. The lowest BCUT2D eigenvalue weighted by Crippen LogP contribution is -2.63. The van der Waals surface area contributed by atoms with Crippen LogP contribution in [0.4, 0.5) is 0 Å². The van der Waals surface area contributed by atoms with Crippen LogP contribution in [0.25, 0.3) is 0 Å². The summed E-state index contributed by atoms with van der Waals surface area (Å²) >= 11 is 0. The van der Waals surface area contributed by atoms with E-state index >= 15 is 0 Å². The number of rotatable bonds is 9. The van der Waals surface area contributed by atoms with Gasteiger partial charge in [0, 0.05) is 46.1 Å². The van der Waals surface area contributed by atoms with E-state index in [0.29, 0.717) is 0 Å². The molecule has 0 aromatic carbocycles. The van der Waals surface area contributed by atoms with E-state index < -0.39 is 66.8 Å². The van der Waals surface area contributed by atoms with Crippen molar-refractivity contribution in [3.63, 3.8) is 0 Å². The maximum absolute atomic E-state index is 12.1. The van der Waals surface area contributed by atoms with E-state index in [2.05, 4.69) is 0 Å². The summed E-state index contributed by atoms with van der Waals surface area (Å²) in [7, 11) is 0. The molecule has 2 aliphatic heterocycles. The summed E-state index contributed by atoms with van der Waals surface area (Å²) in [5, 5.41) is 0. The molecule has 0 aromatic rings. The average Bonchev–Trinajstić information content (AvgIpc) is 3.22. The number of carbonyl (C=O) groups is 5. The van der Waals surface area contributed by atoms with Gasteiger partial charge < -0.3 is 37.9 Å². The van der Waals surface area contributed by atoms with E-state index in [9.17, 15) is 24.0 Å². The number of ether oxygens (including phenoxy) is 8. The summed E-state index contributed by atoms with van der Waals surface area (Å²) in [6, 6.07) is 0. The second kappa shape index (κ2) is 13.2. The molecule has 13 heteroatoms. The zero-order chi connectivity index (χ0) is 28.9. The predicted octanol–water partition coefficient (Wildman–Crippen LogP) is 1.55. The van der Waals surface area contributed by atoms with Crippen molar-refractivity contribution in [1.29, 1.82) is 0 Å². The van der Waals surface area contributed by atoms with Gasteiger partial charge in [-0.2, -0.15) is 0 Å². The largest absolute Gasteiger partial charge is 0.472 e. The second-order valence-electron chi connectivity index (χ2n) is 9.92. The van der Waals surface area contributed by atoms with Crippen LogP contribution in [0.5, 0.6) is 0 Å². The molecule has 218 valence electrons. The molecule has 0 radical (unpaired) electrons. The first kappa shape index (κ1) is 30.4. The van der Waals surface area contributed by atoms with Gasteiger partial charge in [0.25, 0.3) is 0 Å². The molecule has 3 aliphatic rings. The lowest BCUT2D eigenvalue weighted by molar-refractivity contribution is -0.345. The topological polar surface area (TPSA) is 159 Å². The minimum Gasteiger partial charge on any atom is -0.472 e. The van der Waals surface area contributed by atoms with Gasteiger partial charge in [0.1, 0.15) is 19.3 Å². The first-order valence-electron chi connectivity index (χ1n) is 12.8. The third-order valence-electron chi connectivity index (χ3n) is 6.86. The van der Waals surface area contributed by atoms with Crippen LogP contribution >= 0.6 is 0 Å². The summed E-state index contributed by atoms with van der Waals surface area (Å²) in [5.41, 5.74) is 0.820. The van der Waals surface area contributed by atoms with Crippen molar-refractivity contribution in [2.75, 3.05) is 13.2 Å². The predicted molar refractivity (Wildman–Crippen MR) is 128 cm³/mol. The minimum atomic E-state index is -1.35. The van der Waals surface area contributed by atoms with Crippen LogP contribution in [-0.2, 0) is 61.9 Å². The summed E-state index contributed by atoms with van der Waals surface area (Å²) in [5.74, 6) is -3.21. The van der Waals surface area contributed by atoms with Crippen LogP contribution in [0.15, 0.2) is 11.8 Å². The summed E-state index contributed by atoms with van der Waals surface area (Å²) < 4.78 is 44.9. The van der Waals surface area contributed by atoms with E-state index in [1.54, 1.807) is 0 Å². The molecule has 3 rings (SSSR count). The number of hydrogen-bond donors (Lipinski definition) is 0. The fourth-order valence-corrected chi connectivity index (χ4v) is 5.33. The van der Waals surface area contributed by atoms with Crippen LogP contribution < -0.4 is 0 Å². The van der Waals surface area contributed by atoms with Crippen molar-refractivity contribution in [2.45, 2.75) is 91.4 Å². The molecule has 0 N–H and O–H groups in total.